The maximum Gasteiger partial charge on any atom is 0.190 e. The Hall–Kier alpha value is -2.99. The third-order valence-electron chi connectivity index (χ3n) is 3.84. The van der Waals surface area contributed by atoms with Gasteiger partial charge in [-0.2, -0.15) is 9.78 Å². The summed E-state index contributed by atoms with van der Waals surface area (Å²) in [5, 5.41) is 20.0. The van der Waals surface area contributed by atoms with Gasteiger partial charge in [-0.05, 0) is 47.2 Å². The first-order valence-electron chi connectivity index (χ1n) is 7.38. The third-order valence-corrected chi connectivity index (χ3v) is 4.09. The van der Waals surface area contributed by atoms with Crippen molar-refractivity contribution < 1.29 is 0 Å². The molecule has 4 aromatic rings. The number of aromatic nitrogens is 6. The van der Waals surface area contributed by atoms with Gasteiger partial charge in [0.1, 0.15) is 0 Å². The van der Waals surface area contributed by atoms with Crippen LogP contribution in [0.15, 0.2) is 54.7 Å². The highest BCUT2D eigenvalue weighted by molar-refractivity contribution is 6.30. The Bertz CT molecular complexity index is 986. The van der Waals surface area contributed by atoms with Crippen LogP contribution >= 0.6 is 11.6 Å². The van der Waals surface area contributed by atoms with Crippen LogP contribution in [0.25, 0.3) is 28.3 Å². The number of nitrogens with zero attached hydrogens (tertiary/aromatic N) is 5. The standard InChI is InChI=1S/C17H13ClN6/c1-11-4-2-3-5-14(11)16-15(10-19-20-16)17-21-22-23-24(17)13-8-6-12(18)7-9-13/h2-10H,1H3,(H,19,20). The number of rotatable bonds is 3. The Morgan fingerprint density at radius 3 is 2.58 bits per heavy atom. The second-order valence-electron chi connectivity index (χ2n) is 5.36. The summed E-state index contributed by atoms with van der Waals surface area (Å²) in [4.78, 5) is 0. The first kappa shape index (κ1) is 14.6. The Morgan fingerprint density at radius 1 is 1.00 bits per heavy atom. The molecule has 0 spiro atoms. The topological polar surface area (TPSA) is 72.3 Å². The van der Waals surface area contributed by atoms with Crippen LogP contribution in [0.4, 0.5) is 0 Å². The average Bonchev–Trinajstić information content (AvgIpc) is 3.24. The van der Waals surface area contributed by atoms with Crippen molar-refractivity contribution in [2.24, 2.45) is 0 Å². The van der Waals surface area contributed by atoms with Gasteiger partial charge in [0, 0.05) is 10.6 Å². The second kappa shape index (κ2) is 5.90. The maximum atomic E-state index is 5.96. The van der Waals surface area contributed by atoms with Crippen molar-refractivity contribution >= 4 is 11.6 Å². The van der Waals surface area contributed by atoms with E-state index in [1.807, 2.05) is 30.3 Å². The molecule has 2 aromatic carbocycles. The highest BCUT2D eigenvalue weighted by Gasteiger charge is 2.18. The molecule has 0 radical (unpaired) electrons. The average molecular weight is 337 g/mol. The third kappa shape index (κ3) is 2.47. The van der Waals surface area contributed by atoms with Crippen LogP contribution in [-0.2, 0) is 0 Å². The van der Waals surface area contributed by atoms with Crippen molar-refractivity contribution in [1.29, 1.82) is 0 Å². The molecular weight excluding hydrogens is 324 g/mol. The van der Waals surface area contributed by atoms with E-state index in [1.165, 1.54) is 0 Å². The lowest BCUT2D eigenvalue weighted by molar-refractivity contribution is 0.791. The lowest BCUT2D eigenvalue weighted by atomic mass is 10.0. The minimum Gasteiger partial charge on any atom is -0.277 e. The fraction of sp³-hybridized carbons (Fsp3) is 0.0588. The van der Waals surface area contributed by atoms with E-state index < -0.39 is 0 Å². The molecule has 6 nitrogen and oxygen atoms in total. The molecule has 0 saturated heterocycles. The van der Waals surface area contributed by atoms with E-state index in [0.717, 1.165) is 28.1 Å². The lowest BCUT2D eigenvalue weighted by Crippen LogP contribution is -2.00. The van der Waals surface area contributed by atoms with Crippen LogP contribution < -0.4 is 0 Å². The molecule has 1 N–H and O–H groups in total. The first-order valence-corrected chi connectivity index (χ1v) is 7.76. The fourth-order valence-corrected chi connectivity index (χ4v) is 2.75. The number of H-pyrrole nitrogens is 1. The molecule has 0 atom stereocenters. The summed E-state index contributed by atoms with van der Waals surface area (Å²) in [5.41, 5.74) is 4.77. The van der Waals surface area contributed by atoms with E-state index in [4.69, 9.17) is 11.6 Å². The van der Waals surface area contributed by atoms with Gasteiger partial charge in [-0.15, -0.1) is 5.10 Å². The zero-order valence-electron chi connectivity index (χ0n) is 12.8. The molecule has 0 fully saturated rings. The van der Waals surface area contributed by atoms with Gasteiger partial charge in [0.05, 0.1) is 23.1 Å². The van der Waals surface area contributed by atoms with E-state index >= 15 is 0 Å². The van der Waals surface area contributed by atoms with Crippen LogP contribution in [0.2, 0.25) is 5.02 Å². The molecule has 0 aliphatic carbocycles. The zero-order valence-corrected chi connectivity index (χ0v) is 13.6. The highest BCUT2D eigenvalue weighted by Crippen LogP contribution is 2.31. The number of halogens is 1. The van der Waals surface area contributed by atoms with Gasteiger partial charge in [-0.3, -0.25) is 5.10 Å². The molecule has 0 bridgehead atoms. The largest absolute Gasteiger partial charge is 0.277 e. The van der Waals surface area contributed by atoms with Crippen molar-refractivity contribution in [3.8, 4) is 28.3 Å². The monoisotopic (exact) mass is 336 g/mol. The highest BCUT2D eigenvalue weighted by atomic mass is 35.5. The summed E-state index contributed by atoms with van der Waals surface area (Å²) >= 11 is 5.96. The Balaban J connectivity index is 1.85. The molecule has 2 aromatic heterocycles. The predicted octanol–water partition coefficient (Wildman–Crippen LogP) is 3.68. The molecule has 0 aliphatic rings. The molecule has 0 amide bonds. The van der Waals surface area contributed by atoms with Crippen LogP contribution in [0.1, 0.15) is 5.56 Å². The van der Waals surface area contributed by atoms with E-state index in [9.17, 15) is 0 Å². The molecule has 0 unspecified atom stereocenters. The first-order chi connectivity index (χ1) is 11.7. The van der Waals surface area contributed by atoms with E-state index in [1.54, 1.807) is 23.0 Å². The van der Waals surface area contributed by atoms with Gasteiger partial charge >= 0.3 is 0 Å². The Morgan fingerprint density at radius 2 is 1.79 bits per heavy atom. The van der Waals surface area contributed by atoms with Gasteiger partial charge in [0.15, 0.2) is 5.82 Å². The maximum absolute atomic E-state index is 5.96. The zero-order chi connectivity index (χ0) is 16.5. The molecule has 118 valence electrons. The Labute approximate surface area is 143 Å². The number of tetrazole rings is 1. The van der Waals surface area contributed by atoms with Crippen LogP contribution in [-0.4, -0.2) is 30.4 Å². The van der Waals surface area contributed by atoms with Gasteiger partial charge in [0.25, 0.3) is 0 Å². The van der Waals surface area contributed by atoms with Gasteiger partial charge in [-0.25, -0.2) is 0 Å². The summed E-state index contributed by atoms with van der Waals surface area (Å²) in [6, 6.07) is 15.5. The quantitative estimate of drug-likeness (QED) is 0.619. The van der Waals surface area contributed by atoms with Gasteiger partial charge in [-0.1, -0.05) is 35.9 Å². The van der Waals surface area contributed by atoms with E-state index in [0.29, 0.717) is 10.8 Å². The fourth-order valence-electron chi connectivity index (χ4n) is 2.63. The van der Waals surface area contributed by atoms with Gasteiger partial charge in [0.2, 0.25) is 0 Å². The number of aryl methyl sites for hydroxylation is 1. The normalized spacial score (nSPS) is 10.9. The van der Waals surface area contributed by atoms with Crippen molar-refractivity contribution in [2.45, 2.75) is 6.92 Å². The molecule has 4 rings (SSSR count). The van der Waals surface area contributed by atoms with Crippen molar-refractivity contribution in [1.82, 2.24) is 30.4 Å². The molecule has 0 saturated carbocycles. The Kier molecular flexibility index (Phi) is 3.59. The summed E-state index contributed by atoms with van der Waals surface area (Å²) in [6.45, 7) is 2.06. The SMILES string of the molecule is Cc1ccccc1-c1[nH]ncc1-c1nnnn1-c1ccc(Cl)cc1. The number of benzene rings is 2. The van der Waals surface area contributed by atoms with Gasteiger partial charge < -0.3 is 0 Å². The van der Waals surface area contributed by atoms with E-state index in [2.05, 4.69) is 38.7 Å². The van der Waals surface area contributed by atoms with Crippen molar-refractivity contribution in [2.75, 3.05) is 0 Å². The minimum absolute atomic E-state index is 0.615. The predicted molar refractivity (Wildman–Crippen MR) is 91.9 cm³/mol. The molecule has 2 heterocycles. The smallest absolute Gasteiger partial charge is 0.190 e. The lowest BCUT2D eigenvalue weighted by Gasteiger charge is -2.07. The minimum atomic E-state index is 0.615. The number of hydrogen-bond acceptors (Lipinski definition) is 4. The van der Waals surface area contributed by atoms with Crippen LogP contribution in [0.5, 0.6) is 0 Å². The number of nitrogens with one attached hydrogen (secondary N) is 1. The summed E-state index contributed by atoms with van der Waals surface area (Å²) < 4.78 is 1.67. The van der Waals surface area contributed by atoms with Crippen molar-refractivity contribution in [3.05, 3.63) is 65.3 Å². The number of hydrogen-bond donors (Lipinski definition) is 1. The molecule has 0 aliphatic heterocycles. The molecule has 7 heteroatoms. The van der Waals surface area contributed by atoms with Crippen LogP contribution in [0.3, 0.4) is 0 Å². The second-order valence-corrected chi connectivity index (χ2v) is 5.80. The summed E-state index contributed by atoms with van der Waals surface area (Å²) in [6.07, 6.45) is 1.74. The molecule has 24 heavy (non-hydrogen) atoms. The van der Waals surface area contributed by atoms with Crippen molar-refractivity contribution in [3.63, 3.8) is 0 Å². The molecular formula is C17H13ClN6. The summed E-state index contributed by atoms with van der Waals surface area (Å²) in [7, 11) is 0. The van der Waals surface area contributed by atoms with E-state index in [-0.39, 0.29) is 0 Å². The summed E-state index contributed by atoms with van der Waals surface area (Å²) in [5.74, 6) is 0.615. The van der Waals surface area contributed by atoms with Crippen LogP contribution in [0, 0.1) is 6.92 Å². The number of aromatic amines is 1.